The normalized spacial score (nSPS) is 14.1. The van der Waals surface area contributed by atoms with Gasteiger partial charge in [-0.1, -0.05) is 54.1 Å². The molecular weight excluding hydrogens is 448 g/mol. The SMILES string of the molecule is O=C(Nc1cccc(Cl)c1)Nc1ccc(-c2ccc(CN3CCOCC3)nc2)c2ccccc12. The quantitative estimate of drug-likeness (QED) is 0.372. The molecule has 2 N–H and O–H groups in total. The van der Waals surface area contributed by atoms with Gasteiger partial charge in [0.2, 0.25) is 0 Å². The van der Waals surface area contributed by atoms with Crippen LogP contribution in [0.5, 0.6) is 0 Å². The highest BCUT2D eigenvalue weighted by Gasteiger charge is 2.13. The number of carbonyl (C=O) groups is 1. The van der Waals surface area contributed by atoms with Crippen molar-refractivity contribution >= 4 is 39.8 Å². The van der Waals surface area contributed by atoms with Gasteiger partial charge in [0, 0.05) is 47.5 Å². The Labute approximate surface area is 203 Å². The number of ether oxygens (including phenoxy) is 1. The van der Waals surface area contributed by atoms with Crippen LogP contribution in [0.2, 0.25) is 5.02 Å². The molecule has 1 saturated heterocycles. The van der Waals surface area contributed by atoms with Crippen LogP contribution in [0.25, 0.3) is 21.9 Å². The Morgan fingerprint density at radius 3 is 2.53 bits per heavy atom. The van der Waals surface area contributed by atoms with Crippen molar-refractivity contribution in [1.29, 1.82) is 0 Å². The highest BCUT2D eigenvalue weighted by atomic mass is 35.5. The second kappa shape index (κ2) is 10.2. The Kier molecular flexibility index (Phi) is 6.72. The number of rotatable bonds is 5. The largest absolute Gasteiger partial charge is 0.379 e. The molecule has 0 radical (unpaired) electrons. The van der Waals surface area contributed by atoms with E-state index in [1.165, 1.54) is 0 Å². The lowest BCUT2D eigenvalue weighted by Gasteiger charge is -2.26. The first-order valence-electron chi connectivity index (χ1n) is 11.3. The number of aromatic nitrogens is 1. The number of hydrogen-bond acceptors (Lipinski definition) is 4. The molecule has 0 aliphatic carbocycles. The first-order chi connectivity index (χ1) is 16.7. The summed E-state index contributed by atoms with van der Waals surface area (Å²) in [6.45, 7) is 4.26. The summed E-state index contributed by atoms with van der Waals surface area (Å²) in [5, 5.41) is 8.36. The number of carbonyl (C=O) groups excluding carboxylic acids is 1. The third kappa shape index (κ3) is 5.20. The summed E-state index contributed by atoms with van der Waals surface area (Å²) in [5.74, 6) is 0. The Morgan fingerprint density at radius 2 is 1.76 bits per heavy atom. The number of amides is 2. The zero-order valence-corrected chi connectivity index (χ0v) is 19.4. The molecule has 1 aliphatic rings. The molecule has 2 amide bonds. The Bertz CT molecular complexity index is 1300. The van der Waals surface area contributed by atoms with Gasteiger partial charge in [-0.15, -0.1) is 0 Å². The minimum Gasteiger partial charge on any atom is -0.379 e. The molecule has 2 heterocycles. The molecule has 34 heavy (non-hydrogen) atoms. The van der Waals surface area contributed by atoms with Crippen LogP contribution in [-0.2, 0) is 11.3 Å². The van der Waals surface area contributed by atoms with Crippen LogP contribution in [-0.4, -0.2) is 42.2 Å². The van der Waals surface area contributed by atoms with Crippen molar-refractivity contribution in [3.05, 3.63) is 89.7 Å². The first-order valence-corrected chi connectivity index (χ1v) is 11.6. The highest BCUT2D eigenvalue weighted by molar-refractivity contribution is 6.31. The van der Waals surface area contributed by atoms with Gasteiger partial charge in [0.25, 0.3) is 0 Å². The van der Waals surface area contributed by atoms with E-state index in [1.54, 1.807) is 24.3 Å². The number of urea groups is 1. The molecule has 4 aromatic rings. The third-order valence-electron chi connectivity index (χ3n) is 5.88. The van der Waals surface area contributed by atoms with E-state index in [1.807, 2.05) is 36.5 Å². The maximum Gasteiger partial charge on any atom is 0.323 e. The fourth-order valence-corrected chi connectivity index (χ4v) is 4.37. The summed E-state index contributed by atoms with van der Waals surface area (Å²) in [5.41, 5.74) is 4.52. The van der Waals surface area contributed by atoms with Crippen LogP contribution in [0.4, 0.5) is 16.2 Å². The topological polar surface area (TPSA) is 66.5 Å². The smallest absolute Gasteiger partial charge is 0.323 e. The summed E-state index contributed by atoms with van der Waals surface area (Å²) in [6.07, 6.45) is 1.93. The number of nitrogens with zero attached hydrogens (tertiary/aromatic N) is 2. The molecule has 0 bridgehead atoms. The minimum atomic E-state index is -0.325. The molecule has 1 aromatic heterocycles. The number of nitrogens with one attached hydrogen (secondary N) is 2. The van der Waals surface area contributed by atoms with Gasteiger partial charge in [-0.3, -0.25) is 9.88 Å². The van der Waals surface area contributed by atoms with Gasteiger partial charge in [-0.05, 0) is 41.3 Å². The number of benzene rings is 3. The van der Waals surface area contributed by atoms with Crippen molar-refractivity contribution in [3.8, 4) is 11.1 Å². The van der Waals surface area contributed by atoms with Crippen LogP contribution in [0.1, 0.15) is 5.69 Å². The van der Waals surface area contributed by atoms with Crippen molar-refractivity contribution in [2.75, 3.05) is 36.9 Å². The summed E-state index contributed by atoms with van der Waals surface area (Å²) in [4.78, 5) is 19.7. The van der Waals surface area contributed by atoms with Crippen LogP contribution in [0.3, 0.4) is 0 Å². The average Bonchev–Trinajstić information content (AvgIpc) is 2.85. The minimum absolute atomic E-state index is 0.325. The molecule has 7 heteroatoms. The monoisotopic (exact) mass is 472 g/mol. The van der Waals surface area contributed by atoms with Gasteiger partial charge in [0.05, 0.1) is 24.6 Å². The Hall–Kier alpha value is -3.45. The average molecular weight is 473 g/mol. The van der Waals surface area contributed by atoms with Crippen molar-refractivity contribution in [3.63, 3.8) is 0 Å². The van der Waals surface area contributed by atoms with E-state index < -0.39 is 0 Å². The van der Waals surface area contributed by atoms with E-state index in [2.05, 4.69) is 33.7 Å². The Balaban J connectivity index is 1.36. The number of anilines is 2. The lowest BCUT2D eigenvalue weighted by Crippen LogP contribution is -2.35. The summed E-state index contributed by atoms with van der Waals surface area (Å²) in [7, 11) is 0. The molecule has 5 rings (SSSR count). The molecule has 0 unspecified atom stereocenters. The van der Waals surface area contributed by atoms with Crippen molar-refractivity contribution in [1.82, 2.24) is 9.88 Å². The van der Waals surface area contributed by atoms with Crippen LogP contribution < -0.4 is 10.6 Å². The van der Waals surface area contributed by atoms with Gasteiger partial charge in [-0.25, -0.2) is 4.79 Å². The maximum absolute atomic E-state index is 12.6. The molecule has 0 saturated carbocycles. The second-order valence-corrected chi connectivity index (χ2v) is 8.66. The molecule has 0 spiro atoms. The fraction of sp³-hybridized carbons (Fsp3) is 0.185. The second-order valence-electron chi connectivity index (χ2n) is 8.22. The predicted molar refractivity (Wildman–Crippen MR) is 137 cm³/mol. The van der Waals surface area contributed by atoms with Crippen LogP contribution >= 0.6 is 11.6 Å². The van der Waals surface area contributed by atoms with Gasteiger partial charge in [0.15, 0.2) is 0 Å². The highest BCUT2D eigenvalue weighted by Crippen LogP contribution is 2.33. The van der Waals surface area contributed by atoms with Crippen LogP contribution in [0.15, 0.2) is 79.0 Å². The molecule has 172 valence electrons. The molecule has 6 nitrogen and oxygen atoms in total. The number of hydrogen-bond donors (Lipinski definition) is 2. The summed E-state index contributed by atoms with van der Waals surface area (Å²) in [6, 6.07) is 22.9. The summed E-state index contributed by atoms with van der Waals surface area (Å²) < 4.78 is 5.43. The van der Waals surface area contributed by atoms with E-state index in [9.17, 15) is 4.79 Å². The molecule has 3 aromatic carbocycles. The van der Waals surface area contributed by atoms with E-state index in [0.717, 1.165) is 66.1 Å². The number of morpholine rings is 1. The van der Waals surface area contributed by atoms with Crippen LogP contribution in [0, 0.1) is 0 Å². The van der Waals surface area contributed by atoms with Crippen molar-refractivity contribution < 1.29 is 9.53 Å². The molecular formula is C27H25ClN4O2. The first kappa shape index (κ1) is 22.3. The fourth-order valence-electron chi connectivity index (χ4n) is 4.18. The van der Waals surface area contributed by atoms with E-state index >= 15 is 0 Å². The van der Waals surface area contributed by atoms with Gasteiger partial charge in [0.1, 0.15) is 0 Å². The third-order valence-corrected chi connectivity index (χ3v) is 6.11. The van der Waals surface area contributed by atoms with Gasteiger partial charge < -0.3 is 15.4 Å². The zero-order chi connectivity index (χ0) is 23.3. The van der Waals surface area contributed by atoms with Gasteiger partial charge >= 0.3 is 6.03 Å². The van der Waals surface area contributed by atoms with E-state index in [-0.39, 0.29) is 6.03 Å². The van der Waals surface area contributed by atoms with Crippen molar-refractivity contribution in [2.45, 2.75) is 6.54 Å². The standard InChI is InChI=1S/C27H25ClN4O2/c28-20-4-3-5-21(16-20)30-27(33)31-26-11-10-23(24-6-1-2-7-25(24)26)19-8-9-22(29-17-19)18-32-12-14-34-15-13-32/h1-11,16-17H,12-15,18H2,(H2,30,31,33). The maximum atomic E-state index is 12.6. The molecule has 1 fully saturated rings. The predicted octanol–water partition coefficient (Wildman–Crippen LogP) is 6.03. The van der Waals surface area contributed by atoms with E-state index in [0.29, 0.717) is 10.7 Å². The lowest BCUT2D eigenvalue weighted by molar-refractivity contribution is 0.0336. The Morgan fingerprint density at radius 1 is 0.941 bits per heavy atom. The number of fused-ring (bicyclic) bond motifs is 1. The molecule has 0 atom stereocenters. The number of pyridine rings is 1. The summed E-state index contributed by atoms with van der Waals surface area (Å²) >= 11 is 6.02. The number of halogens is 1. The van der Waals surface area contributed by atoms with Gasteiger partial charge in [-0.2, -0.15) is 0 Å². The zero-order valence-electron chi connectivity index (χ0n) is 18.6. The lowest BCUT2D eigenvalue weighted by atomic mass is 9.98. The molecule has 1 aliphatic heterocycles. The van der Waals surface area contributed by atoms with Crippen molar-refractivity contribution in [2.24, 2.45) is 0 Å². The van der Waals surface area contributed by atoms with E-state index in [4.69, 9.17) is 21.3 Å².